The number of azo groups is 1. The molecule has 0 aliphatic rings. The normalized spacial score (nSPS) is 10.7. The molecule has 0 unspecified atom stereocenters. The molecule has 1 rings (SSSR count). The van der Waals surface area contributed by atoms with Crippen molar-refractivity contribution in [2.45, 2.75) is 13.8 Å². The van der Waals surface area contributed by atoms with Gasteiger partial charge in [0.05, 0.1) is 5.69 Å². The summed E-state index contributed by atoms with van der Waals surface area (Å²) in [4.78, 5) is 2.04. The Morgan fingerprint density at radius 3 is 2.47 bits per heavy atom. The average Bonchev–Trinajstić information content (AvgIpc) is 2.15. The van der Waals surface area contributed by atoms with E-state index in [1.54, 1.807) is 6.92 Å². The highest BCUT2D eigenvalue weighted by Gasteiger charge is 2.00. The van der Waals surface area contributed by atoms with Gasteiger partial charge in [0, 0.05) is 19.8 Å². The molecule has 4 heteroatoms. The van der Waals surface area contributed by atoms with Crippen LogP contribution in [0.25, 0.3) is 0 Å². The van der Waals surface area contributed by atoms with E-state index in [2.05, 4.69) is 10.2 Å². The van der Waals surface area contributed by atoms with E-state index in [0.29, 0.717) is 0 Å². The van der Waals surface area contributed by atoms with Crippen molar-refractivity contribution in [3.05, 3.63) is 23.8 Å². The minimum atomic E-state index is 0.214. The molecule has 0 spiro atoms. The first kappa shape index (κ1) is 11.4. The van der Waals surface area contributed by atoms with Crippen LogP contribution >= 0.6 is 0 Å². The number of rotatable bonds is 2. The maximum atomic E-state index is 7.16. The Bertz CT molecular complexity index is 394. The number of amidine groups is 1. The molecule has 0 saturated heterocycles. The van der Waals surface area contributed by atoms with Crippen molar-refractivity contribution in [2.24, 2.45) is 10.2 Å². The molecule has 0 aliphatic heterocycles. The van der Waals surface area contributed by atoms with Crippen LogP contribution in [0.5, 0.6) is 0 Å². The van der Waals surface area contributed by atoms with Crippen LogP contribution in [0.15, 0.2) is 28.4 Å². The first-order valence-electron chi connectivity index (χ1n) is 4.75. The fraction of sp³-hybridized carbons (Fsp3) is 0.364. The second-order valence-corrected chi connectivity index (χ2v) is 3.65. The Morgan fingerprint density at radius 2 is 2.00 bits per heavy atom. The van der Waals surface area contributed by atoms with E-state index in [4.69, 9.17) is 5.41 Å². The first-order valence-corrected chi connectivity index (χ1v) is 4.75. The van der Waals surface area contributed by atoms with Gasteiger partial charge in [-0.3, -0.25) is 5.41 Å². The van der Waals surface area contributed by atoms with E-state index in [0.717, 1.165) is 16.9 Å². The molecule has 0 bridgehead atoms. The predicted octanol–water partition coefficient (Wildman–Crippen LogP) is 3.14. The van der Waals surface area contributed by atoms with Crippen LogP contribution in [0.4, 0.5) is 11.4 Å². The smallest absolute Gasteiger partial charge is 0.140 e. The highest BCUT2D eigenvalue weighted by Crippen LogP contribution is 2.23. The number of nitrogens with one attached hydrogen (secondary N) is 1. The van der Waals surface area contributed by atoms with Crippen molar-refractivity contribution in [1.82, 2.24) is 0 Å². The van der Waals surface area contributed by atoms with Crippen LogP contribution in [-0.4, -0.2) is 19.9 Å². The quantitative estimate of drug-likeness (QED) is 0.449. The Morgan fingerprint density at radius 1 is 1.33 bits per heavy atom. The molecule has 0 fully saturated rings. The van der Waals surface area contributed by atoms with Crippen molar-refractivity contribution in [1.29, 1.82) is 5.41 Å². The van der Waals surface area contributed by atoms with E-state index in [9.17, 15) is 0 Å². The van der Waals surface area contributed by atoms with Crippen molar-refractivity contribution >= 4 is 17.2 Å². The molecule has 0 radical (unpaired) electrons. The number of hydrogen-bond acceptors (Lipinski definition) is 3. The van der Waals surface area contributed by atoms with Gasteiger partial charge < -0.3 is 4.90 Å². The van der Waals surface area contributed by atoms with Crippen molar-refractivity contribution < 1.29 is 0 Å². The van der Waals surface area contributed by atoms with Crippen LogP contribution in [0.1, 0.15) is 12.5 Å². The summed E-state index contributed by atoms with van der Waals surface area (Å²) < 4.78 is 0. The molecule has 1 aromatic rings. The zero-order chi connectivity index (χ0) is 11.4. The molecule has 0 aromatic heterocycles. The van der Waals surface area contributed by atoms with Gasteiger partial charge in [-0.15, -0.1) is 10.2 Å². The summed E-state index contributed by atoms with van der Waals surface area (Å²) >= 11 is 0. The monoisotopic (exact) mass is 204 g/mol. The predicted molar refractivity (Wildman–Crippen MR) is 63.4 cm³/mol. The molecule has 0 saturated carbocycles. The van der Waals surface area contributed by atoms with Gasteiger partial charge in [-0.05, 0) is 37.6 Å². The lowest BCUT2D eigenvalue weighted by molar-refractivity contribution is 1.12. The van der Waals surface area contributed by atoms with Gasteiger partial charge in [0.25, 0.3) is 0 Å². The standard InChI is InChI=1S/C11H16N4/c1-8-7-10(15(3)4)5-6-11(8)14-13-9(2)12/h5-7,12H,1-4H3. The fourth-order valence-corrected chi connectivity index (χ4v) is 1.16. The molecule has 0 amide bonds. The zero-order valence-corrected chi connectivity index (χ0v) is 9.57. The average molecular weight is 204 g/mol. The van der Waals surface area contributed by atoms with Crippen molar-refractivity contribution in [2.75, 3.05) is 19.0 Å². The summed E-state index contributed by atoms with van der Waals surface area (Å²) in [5.41, 5.74) is 3.01. The number of anilines is 1. The topological polar surface area (TPSA) is 51.8 Å². The van der Waals surface area contributed by atoms with Gasteiger partial charge in [0.15, 0.2) is 0 Å². The lowest BCUT2D eigenvalue weighted by atomic mass is 10.2. The molecule has 0 atom stereocenters. The Hall–Kier alpha value is -1.71. The SMILES string of the molecule is CC(=N)N=Nc1ccc(N(C)C)cc1C. The first-order chi connectivity index (χ1) is 7.00. The summed E-state index contributed by atoms with van der Waals surface area (Å²) in [7, 11) is 4.00. The number of hydrogen-bond donors (Lipinski definition) is 1. The molecule has 15 heavy (non-hydrogen) atoms. The third-order valence-electron chi connectivity index (χ3n) is 2.00. The Balaban J connectivity index is 2.98. The van der Waals surface area contributed by atoms with Crippen molar-refractivity contribution in [3.8, 4) is 0 Å². The number of nitrogens with zero attached hydrogens (tertiary/aromatic N) is 3. The van der Waals surface area contributed by atoms with Gasteiger partial charge in [-0.2, -0.15) is 0 Å². The van der Waals surface area contributed by atoms with Crippen LogP contribution in [0.3, 0.4) is 0 Å². The molecule has 1 N–H and O–H groups in total. The second kappa shape index (κ2) is 4.68. The van der Waals surface area contributed by atoms with Crippen LogP contribution < -0.4 is 4.90 Å². The summed E-state index contributed by atoms with van der Waals surface area (Å²) in [5, 5.41) is 14.9. The second-order valence-electron chi connectivity index (χ2n) is 3.65. The molecule has 0 aliphatic carbocycles. The van der Waals surface area contributed by atoms with E-state index < -0.39 is 0 Å². The van der Waals surface area contributed by atoms with Crippen LogP contribution in [0.2, 0.25) is 0 Å². The third kappa shape index (κ3) is 3.16. The van der Waals surface area contributed by atoms with Crippen molar-refractivity contribution in [3.63, 3.8) is 0 Å². The van der Waals surface area contributed by atoms with E-state index in [-0.39, 0.29) is 5.84 Å². The molecular formula is C11H16N4. The van der Waals surface area contributed by atoms with Gasteiger partial charge >= 0.3 is 0 Å². The van der Waals surface area contributed by atoms with E-state index >= 15 is 0 Å². The molecule has 1 aromatic carbocycles. The summed E-state index contributed by atoms with van der Waals surface area (Å²) in [6.45, 7) is 3.59. The summed E-state index contributed by atoms with van der Waals surface area (Å²) in [6, 6.07) is 5.95. The molecule has 4 nitrogen and oxygen atoms in total. The minimum Gasteiger partial charge on any atom is -0.378 e. The number of benzene rings is 1. The van der Waals surface area contributed by atoms with Gasteiger partial charge in [-0.25, -0.2) is 0 Å². The van der Waals surface area contributed by atoms with Crippen LogP contribution in [0, 0.1) is 12.3 Å². The summed E-state index contributed by atoms with van der Waals surface area (Å²) in [5.74, 6) is 0.214. The van der Waals surface area contributed by atoms with E-state index in [1.807, 2.05) is 44.1 Å². The van der Waals surface area contributed by atoms with Gasteiger partial charge in [0.1, 0.15) is 5.84 Å². The maximum Gasteiger partial charge on any atom is 0.140 e. The Kier molecular flexibility index (Phi) is 3.55. The van der Waals surface area contributed by atoms with Gasteiger partial charge in [-0.1, -0.05) is 0 Å². The van der Waals surface area contributed by atoms with E-state index in [1.165, 1.54) is 0 Å². The Labute approximate surface area is 90.1 Å². The maximum absolute atomic E-state index is 7.16. The van der Waals surface area contributed by atoms with Crippen LogP contribution in [-0.2, 0) is 0 Å². The van der Waals surface area contributed by atoms with Gasteiger partial charge in [0.2, 0.25) is 0 Å². The lowest BCUT2D eigenvalue weighted by Crippen LogP contribution is -2.08. The lowest BCUT2D eigenvalue weighted by Gasteiger charge is -2.13. The minimum absolute atomic E-state index is 0.214. The molecule has 0 heterocycles. The zero-order valence-electron chi connectivity index (χ0n) is 9.57. The summed E-state index contributed by atoms with van der Waals surface area (Å²) in [6.07, 6.45) is 0. The highest BCUT2D eigenvalue weighted by molar-refractivity contribution is 5.76. The number of aryl methyl sites for hydroxylation is 1. The fourth-order valence-electron chi connectivity index (χ4n) is 1.16. The third-order valence-corrected chi connectivity index (χ3v) is 2.00. The largest absolute Gasteiger partial charge is 0.378 e. The molecular weight excluding hydrogens is 188 g/mol. The molecule has 80 valence electrons. The highest BCUT2D eigenvalue weighted by atomic mass is 15.1.